The van der Waals surface area contributed by atoms with E-state index in [1.54, 1.807) is 42.3 Å². The number of nitrogens with zero attached hydrogens (tertiary/aromatic N) is 6. The van der Waals surface area contributed by atoms with Crippen molar-refractivity contribution in [1.29, 1.82) is 0 Å². The van der Waals surface area contributed by atoms with Crippen molar-refractivity contribution in [3.8, 4) is 22.1 Å². The fourth-order valence-electron chi connectivity index (χ4n) is 2.58. The van der Waals surface area contributed by atoms with Crippen LogP contribution in [-0.2, 0) is 13.7 Å². The first-order valence-electron chi connectivity index (χ1n) is 8.83. The van der Waals surface area contributed by atoms with Gasteiger partial charge in [-0.25, -0.2) is 4.98 Å². The van der Waals surface area contributed by atoms with Gasteiger partial charge in [0.2, 0.25) is 5.13 Å². The van der Waals surface area contributed by atoms with Crippen molar-refractivity contribution >= 4 is 22.4 Å². The molecule has 30 heavy (non-hydrogen) atoms. The Balaban J connectivity index is 1.45. The van der Waals surface area contributed by atoms with Crippen LogP contribution in [-0.4, -0.2) is 43.0 Å². The predicted molar refractivity (Wildman–Crippen MR) is 109 cm³/mol. The van der Waals surface area contributed by atoms with Gasteiger partial charge in [0.15, 0.2) is 17.3 Å². The molecule has 4 rings (SSSR count). The molecule has 0 saturated carbocycles. The largest absolute Gasteiger partial charge is 0.493 e. The number of carbonyl (C=O) groups excluding carboxylic acids is 1. The number of rotatable bonds is 7. The predicted octanol–water partition coefficient (Wildman–Crippen LogP) is 2.57. The summed E-state index contributed by atoms with van der Waals surface area (Å²) in [5, 5.41) is 16.0. The van der Waals surface area contributed by atoms with Crippen LogP contribution in [0, 0.1) is 0 Å². The van der Waals surface area contributed by atoms with Gasteiger partial charge in [-0.2, -0.15) is 5.10 Å². The van der Waals surface area contributed by atoms with Gasteiger partial charge in [0.1, 0.15) is 17.9 Å². The monoisotopic (exact) mass is 423 g/mol. The van der Waals surface area contributed by atoms with Crippen LogP contribution in [0.25, 0.3) is 10.6 Å². The van der Waals surface area contributed by atoms with Crippen LogP contribution < -0.4 is 14.8 Å². The van der Waals surface area contributed by atoms with E-state index in [2.05, 4.69) is 30.6 Å². The summed E-state index contributed by atoms with van der Waals surface area (Å²) in [6.45, 7) is 0.223. The molecular formula is C19H17N7O3S. The molecule has 0 saturated heterocycles. The van der Waals surface area contributed by atoms with Gasteiger partial charge >= 0.3 is 0 Å². The molecule has 0 spiro atoms. The number of benzene rings is 1. The SMILES string of the molecule is COc1cc(C(=O)Nc2nnc(-c3ccncc3)s2)ccc1OCc1ncnn1C. The number of aryl methyl sites for hydroxylation is 1. The van der Waals surface area contributed by atoms with Crippen molar-refractivity contribution in [2.45, 2.75) is 6.61 Å². The Morgan fingerprint density at radius 2 is 2.00 bits per heavy atom. The third-order valence-electron chi connectivity index (χ3n) is 4.16. The minimum Gasteiger partial charge on any atom is -0.493 e. The molecule has 0 unspecified atom stereocenters. The van der Waals surface area contributed by atoms with Crippen LogP contribution in [0.1, 0.15) is 16.2 Å². The van der Waals surface area contributed by atoms with Crippen molar-refractivity contribution in [3.63, 3.8) is 0 Å². The second-order valence-corrected chi connectivity index (χ2v) is 7.03. The lowest BCUT2D eigenvalue weighted by molar-refractivity contribution is 0.102. The highest BCUT2D eigenvalue weighted by molar-refractivity contribution is 7.18. The first-order chi connectivity index (χ1) is 14.6. The van der Waals surface area contributed by atoms with Gasteiger partial charge in [-0.15, -0.1) is 10.2 Å². The summed E-state index contributed by atoms with van der Waals surface area (Å²) in [4.78, 5) is 20.7. The van der Waals surface area contributed by atoms with Gasteiger partial charge in [-0.1, -0.05) is 11.3 Å². The summed E-state index contributed by atoms with van der Waals surface area (Å²) in [5.41, 5.74) is 1.28. The summed E-state index contributed by atoms with van der Waals surface area (Å²) >= 11 is 1.28. The molecule has 0 atom stereocenters. The molecule has 10 nitrogen and oxygen atoms in total. The number of aromatic nitrogens is 6. The van der Waals surface area contributed by atoms with Crippen LogP contribution in [0.2, 0.25) is 0 Å². The summed E-state index contributed by atoms with van der Waals surface area (Å²) in [6.07, 6.45) is 4.81. The molecular weight excluding hydrogens is 406 g/mol. The normalized spacial score (nSPS) is 10.6. The first kappa shape index (κ1) is 19.5. The third kappa shape index (κ3) is 4.25. The second-order valence-electron chi connectivity index (χ2n) is 6.06. The first-order valence-corrected chi connectivity index (χ1v) is 9.64. The Hall–Kier alpha value is -3.86. The average molecular weight is 423 g/mol. The number of anilines is 1. The molecule has 3 aromatic heterocycles. The van der Waals surface area contributed by atoms with Crippen LogP contribution in [0.4, 0.5) is 5.13 Å². The van der Waals surface area contributed by atoms with E-state index < -0.39 is 0 Å². The highest BCUT2D eigenvalue weighted by atomic mass is 32.1. The molecule has 0 radical (unpaired) electrons. The lowest BCUT2D eigenvalue weighted by Crippen LogP contribution is -2.12. The van der Waals surface area contributed by atoms with Gasteiger partial charge in [-0.05, 0) is 30.3 Å². The Kier molecular flexibility index (Phi) is 5.61. The molecule has 0 aliphatic heterocycles. The lowest BCUT2D eigenvalue weighted by atomic mass is 10.2. The van der Waals surface area contributed by atoms with Crippen LogP contribution in [0.15, 0.2) is 49.1 Å². The zero-order chi connectivity index (χ0) is 20.9. The zero-order valence-electron chi connectivity index (χ0n) is 16.1. The number of methoxy groups -OCH3 is 1. The summed E-state index contributed by atoms with van der Waals surface area (Å²) in [7, 11) is 3.29. The summed E-state index contributed by atoms with van der Waals surface area (Å²) in [6, 6.07) is 8.58. The molecule has 152 valence electrons. The minimum absolute atomic E-state index is 0.223. The number of ether oxygens (including phenoxy) is 2. The molecule has 1 amide bonds. The Morgan fingerprint density at radius 3 is 2.73 bits per heavy atom. The number of nitrogens with one attached hydrogen (secondary N) is 1. The molecule has 1 N–H and O–H groups in total. The van der Waals surface area contributed by atoms with E-state index in [1.165, 1.54) is 24.8 Å². The second kappa shape index (κ2) is 8.66. The minimum atomic E-state index is -0.328. The molecule has 3 heterocycles. The number of amides is 1. The van der Waals surface area contributed by atoms with Gasteiger partial charge in [0.25, 0.3) is 5.91 Å². The lowest BCUT2D eigenvalue weighted by Gasteiger charge is -2.11. The van der Waals surface area contributed by atoms with E-state index in [4.69, 9.17) is 9.47 Å². The molecule has 0 fully saturated rings. The quantitative estimate of drug-likeness (QED) is 0.482. The van der Waals surface area contributed by atoms with E-state index in [-0.39, 0.29) is 12.5 Å². The maximum absolute atomic E-state index is 12.6. The van der Waals surface area contributed by atoms with Crippen LogP contribution >= 0.6 is 11.3 Å². The van der Waals surface area contributed by atoms with E-state index >= 15 is 0 Å². The third-order valence-corrected chi connectivity index (χ3v) is 5.05. The number of pyridine rings is 1. The van der Waals surface area contributed by atoms with Gasteiger partial charge in [0.05, 0.1) is 7.11 Å². The maximum Gasteiger partial charge on any atom is 0.257 e. The fourth-order valence-corrected chi connectivity index (χ4v) is 3.32. The van der Waals surface area contributed by atoms with E-state index in [0.29, 0.717) is 33.0 Å². The van der Waals surface area contributed by atoms with Crippen LogP contribution in [0.5, 0.6) is 11.5 Å². The highest BCUT2D eigenvalue weighted by Gasteiger charge is 2.15. The highest BCUT2D eigenvalue weighted by Crippen LogP contribution is 2.30. The standard InChI is InChI=1S/C19H17N7O3S/c1-26-16(21-11-22-26)10-29-14-4-3-13(9-15(14)28-2)17(27)23-19-25-24-18(30-19)12-5-7-20-8-6-12/h3-9,11H,10H2,1-2H3,(H,23,25,27). The molecule has 11 heteroatoms. The fraction of sp³-hybridized carbons (Fsp3) is 0.158. The maximum atomic E-state index is 12.6. The van der Waals surface area contributed by atoms with Crippen molar-refractivity contribution in [3.05, 3.63) is 60.4 Å². The zero-order valence-corrected chi connectivity index (χ0v) is 17.0. The topological polar surface area (TPSA) is 117 Å². The molecule has 0 aliphatic rings. The number of hydrogen-bond donors (Lipinski definition) is 1. The van der Waals surface area contributed by atoms with E-state index in [1.807, 2.05) is 12.1 Å². The number of carbonyl (C=O) groups is 1. The van der Waals surface area contributed by atoms with Gasteiger partial charge in [0, 0.05) is 30.6 Å². The summed E-state index contributed by atoms with van der Waals surface area (Å²) in [5.74, 6) is 1.26. The summed E-state index contributed by atoms with van der Waals surface area (Å²) < 4.78 is 12.7. The average Bonchev–Trinajstić information content (AvgIpc) is 3.41. The molecule has 4 aromatic rings. The molecule has 0 bridgehead atoms. The Labute approximate surface area is 175 Å². The van der Waals surface area contributed by atoms with Crippen LogP contribution in [0.3, 0.4) is 0 Å². The van der Waals surface area contributed by atoms with Crippen molar-refractivity contribution < 1.29 is 14.3 Å². The van der Waals surface area contributed by atoms with E-state index in [0.717, 1.165) is 5.56 Å². The van der Waals surface area contributed by atoms with Gasteiger partial charge in [-0.3, -0.25) is 19.8 Å². The molecule has 1 aromatic carbocycles. The Bertz CT molecular complexity index is 1160. The number of hydrogen-bond acceptors (Lipinski definition) is 9. The van der Waals surface area contributed by atoms with E-state index in [9.17, 15) is 4.79 Å². The van der Waals surface area contributed by atoms with Crippen molar-refractivity contribution in [2.75, 3.05) is 12.4 Å². The van der Waals surface area contributed by atoms with Crippen molar-refractivity contribution in [1.82, 2.24) is 29.9 Å². The van der Waals surface area contributed by atoms with Crippen molar-refractivity contribution in [2.24, 2.45) is 7.05 Å². The smallest absolute Gasteiger partial charge is 0.257 e. The van der Waals surface area contributed by atoms with Gasteiger partial charge < -0.3 is 9.47 Å². The molecule has 0 aliphatic carbocycles. The Morgan fingerprint density at radius 1 is 1.17 bits per heavy atom.